The Morgan fingerprint density at radius 3 is 2.56 bits per heavy atom. The molecular formula is C34H36N4O5. The van der Waals surface area contributed by atoms with Crippen LogP contribution in [0.2, 0.25) is 0 Å². The summed E-state index contributed by atoms with van der Waals surface area (Å²) < 4.78 is 13.1. The van der Waals surface area contributed by atoms with Gasteiger partial charge in [0.25, 0.3) is 6.73 Å². The Bertz CT molecular complexity index is 1500. The molecule has 0 unspecified atom stereocenters. The number of ether oxygens (including phenoxy) is 2. The second-order valence-corrected chi connectivity index (χ2v) is 10.4. The summed E-state index contributed by atoms with van der Waals surface area (Å²) in [6, 6.07) is 29.0. The highest BCUT2D eigenvalue weighted by atomic mass is 16.6. The fourth-order valence-corrected chi connectivity index (χ4v) is 5.13. The molecular weight excluding hydrogens is 544 g/mol. The average molecular weight is 581 g/mol. The number of amides is 3. The molecule has 0 radical (unpaired) electrons. The first kappa shape index (κ1) is 29.6. The number of urea groups is 1. The Morgan fingerprint density at radius 2 is 1.74 bits per heavy atom. The Morgan fingerprint density at radius 1 is 0.953 bits per heavy atom. The van der Waals surface area contributed by atoms with E-state index in [0.717, 1.165) is 30.6 Å². The second-order valence-electron chi connectivity index (χ2n) is 10.4. The minimum absolute atomic E-state index is 0.0227. The van der Waals surface area contributed by atoms with E-state index in [-0.39, 0.29) is 32.0 Å². The van der Waals surface area contributed by atoms with Gasteiger partial charge < -0.3 is 30.1 Å². The van der Waals surface area contributed by atoms with E-state index in [0.29, 0.717) is 18.8 Å². The highest BCUT2D eigenvalue weighted by Crippen LogP contribution is 2.24. The molecule has 5 rings (SSSR count). The number of benzene rings is 3. The minimum atomic E-state index is -0.474. The third-order valence-corrected chi connectivity index (χ3v) is 7.37. The molecule has 1 aromatic heterocycles. The van der Waals surface area contributed by atoms with Gasteiger partial charge in [-0.15, -0.1) is 6.61 Å². The number of rotatable bonds is 11. The summed E-state index contributed by atoms with van der Waals surface area (Å²) >= 11 is 0. The summed E-state index contributed by atoms with van der Waals surface area (Å²) in [7, 11) is 0. The fourth-order valence-electron chi connectivity index (χ4n) is 5.13. The quantitative estimate of drug-likeness (QED) is 0.254. The van der Waals surface area contributed by atoms with Crippen LogP contribution in [0.1, 0.15) is 24.0 Å². The Hall–Kier alpha value is -4.89. The maximum atomic E-state index is 12.5. The molecule has 0 spiro atoms. The van der Waals surface area contributed by atoms with Crippen LogP contribution in [-0.2, 0) is 24.4 Å². The van der Waals surface area contributed by atoms with Crippen molar-refractivity contribution in [2.24, 2.45) is 0 Å². The van der Waals surface area contributed by atoms with Gasteiger partial charge in [0, 0.05) is 36.3 Å². The van der Waals surface area contributed by atoms with Crippen molar-refractivity contribution in [2.45, 2.75) is 38.6 Å². The number of hydrogen-bond acceptors (Lipinski definition) is 5. The van der Waals surface area contributed by atoms with Crippen LogP contribution in [0.3, 0.4) is 0 Å². The summed E-state index contributed by atoms with van der Waals surface area (Å²) in [4.78, 5) is 26.3. The molecule has 43 heavy (non-hydrogen) atoms. The lowest BCUT2D eigenvalue weighted by Gasteiger charge is -2.25. The first-order valence-electron chi connectivity index (χ1n) is 14.5. The van der Waals surface area contributed by atoms with Crippen LogP contribution in [0, 0.1) is 0 Å². The molecule has 3 aromatic carbocycles. The van der Waals surface area contributed by atoms with Crippen LogP contribution in [0.15, 0.2) is 103 Å². The first-order valence-corrected chi connectivity index (χ1v) is 14.5. The standard InChI is InChI=1S/C34H36N4O5/c39-24-30-12-7-20-38(30)34(41)43-25-37-19-6-8-26(23-37)22-35-33(40)36-29-14-16-31(17-15-29)42-21-18-28-11-4-5-13-32(28)27-9-2-1-3-10-27/h1-6,8-11,13-17,19,23,30H,7,12,18,20-22,24-25H2,(H2,35,36,40)/t30-/m0/s1. The van der Waals surface area contributed by atoms with Crippen LogP contribution >= 0.6 is 0 Å². The summed E-state index contributed by atoms with van der Waals surface area (Å²) in [6.07, 6.45) is 5.41. The van der Waals surface area contributed by atoms with Crippen LogP contribution in [0.5, 0.6) is 5.75 Å². The molecule has 9 heteroatoms. The zero-order valence-corrected chi connectivity index (χ0v) is 24.0. The van der Waals surface area contributed by atoms with Crippen LogP contribution in [-0.4, -0.2) is 42.8 Å². The van der Waals surface area contributed by atoms with Gasteiger partial charge in [0.05, 0.1) is 13.2 Å². The largest absolute Gasteiger partial charge is 0.853 e. The van der Waals surface area contributed by atoms with Crippen molar-refractivity contribution in [1.82, 2.24) is 10.2 Å². The van der Waals surface area contributed by atoms with E-state index in [1.807, 2.05) is 54.6 Å². The maximum absolute atomic E-state index is 12.5. The maximum Gasteiger partial charge on any atom is 0.414 e. The van der Waals surface area contributed by atoms with Gasteiger partial charge in [0.15, 0.2) is 12.4 Å². The Balaban J connectivity index is 1.04. The molecule has 3 amide bonds. The molecule has 1 saturated heterocycles. The molecule has 2 heterocycles. The summed E-state index contributed by atoms with van der Waals surface area (Å²) in [6.45, 7) is 1.09. The highest BCUT2D eigenvalue weighted by Gasteiger charge is 2.27. The number of hydrogen-bond donors (Lipinski definition) is 2. The molecule has 0 saturated carbocycles. The molecule has 9 nitrogen and oxygen atoms in total. The smallest absolute Gasteiger partial charge is 0.414 e. The predicted octanol–water partition coefficient (Wildman–Crippen LogP) is 4.50. The number of carbonyl (C=O) groups excluding carboxylic acids is 2. The second kappa shape index (κ2) is 14.8. The summed E-state index contributed by atoms with van der Waals surface area (Å²) in [5.74, 6) is 0.728. The number of nitrogens with one attached hydrogen (secondary N) is 2. The van der Waals surface area contributed by atoms with E-state index < -0.39 is 6.09 Å². The number of carbonyl (C=O) groups is 2. The van der Waals surface area contributed by atoms with E-state index in [2.05, 4.69) is 34.9 Å². The number of likely N-dealkylation sites (tertiary alicyclic amines) is 1. The zero-order chi connectivity index (χ0) is 29.9. The van der Waals surface area contributed by atoms with Crippen LogP contribution < -0.4 is 25.0 Å². The van der Waals surface area contributed by atoms with Crippen molar-refractivity contribution in [3.05, 3.63) is 115 Å². The number of nitrogens with zero attached hydrogens (tertiary/aromatic N) is 2. The number of aromatic nitrogens is 1. The number of anilines is 1. The normalized spacial score (nSPS) is 14.3. The number of pyridine rings is 1. The van der Waals surface area contributed by atoms with Gasteiger partial charge in [-0.3, -0.25) is 0 Å². The topological polar surface area (TPSA) is 107 Å². The third-order valence-electron chi connectivity index (χ3n) is 7.37. The summed E-state index contributed by atoms with van der Waals surface area (Å²) in [5.41, 5.74) is 5.10. The van der Waals surface area contributed by atoms with Crippen LogP contribution in [0.4, 0.5) is 15.3 Å². The van der Waals surface area contributed by atoms with E-state index in [1.165, 1.54) is 21.6 Å². The van der Waals surface area contributed by atoms with Gasteiger partial charge in [-0.2, -0.15) is 4.57 Å². The van der Waals surface area contributed by atoms with Crippen molar-refractivity contribution in [1.29, 1.82) is 0 Å². The van der Waals surface area contributed by atoms with Crippen molar-refractivity contribution < 1.29 is 28.7 Å². The van der Waals surface area contributed by atoms with Gasteiger partial charge in [-0.05, 0) is 59.9 Å². The van der Waals surface area contributed by atoms with E-state index >= 15 is 0 Å². The lowest BCUT2D eigenvalue weighted by atomic mass is 9.98. The lowest BCUT2D eigenvalue weighted by molar-refractivity contribution is -0.727. The third kappa shape index (κ3) is 8.33. The minimum Gasteiger partial charge on any atom is -0.853 e. The average Bonchev–Trinajstić information content (AvgIpc) is 3.54. The molecule has 1 aliphatic rings. The van der Waals surface area contributed by atoms with E-state index in [4.69, 9.17) is 9.47 Å². The monoisotopic (exact) mass is 580 g/mol. The lowest BCUT2D eigenvalue weighted by Crippen LogP contribution is -2.44. The zero-order valence-electron chi connectivity index (χ0n) is 24.0. The molecule has 1 aliphatic heterocycles. The van der Waals surface area contributed by atoms with Gasteiger partial charge >= 0.3 is 12.1 Å². The van der Waals surface area contributed by atoms with Gasteiger partial charge in [-0.25, -0.2) is 9.59 Å². The molecule has 222 valence electrons. The van der Waals surface area contributed by atoms with E-state index in [1.54, 1.807) is 29.1 Å². The predicted molar refractivity (Wildman–Crippen MR) is 161 cm³/mol. The van der Waals surface area contributed by atoms with Crippen molar-refractivity contribution in [3.8, 4) is 16.9 Å². The Labute approximate surface area is 251 Å². The van der Waals surface area contributed by atoms with Gasteiger partial charge in [0.2, 0.25) is 0 Å². The fraction of sp³-hybridized carbons (Fsp3) is 0.265. The SMILES string of the molecule is O=C(NCc1ccc[n+](COC(=O)N2CCC[C@H]2C[O-])c1)Nc1ccc(OCCc2ccccc2-c2ccccc2)cc1. The molecule has 4 aromatic rings. The van der Waals surface area contributed by atoms with Gasteiger partial charge in [0.1, 0.15) is 5.75 Å². The van der Waals surface area contributed by atoms with Crippen molar-refractivity contribution in [2.75, 3.05) is 25.1 Å². The first-order chi connectivity index (χ1) is 21.1. The molecule has 0 aliphatic carbocycles. The van der Waals surface area contributed by atoms with Crippen LogP contribution in [0.25, 0.3) is 11.1 Å². The molecule has 0 bridgehead atoms. The molecule has 1 fully saturated rings. The molecule has 1 atom stereocenters. The summed E-state index contributed by atoms with van der Waals surface area (Å²) in [5, 5.41) is 16.9. The highest BCUT2D eigenvalue weighted by molar-refractivity contribution is 5.89. The van der Waals surface area contributed by atoms with Crippen molar-refractivity contribution >= 4 is 17.8 Å². The van der Waals surface area contributed by atoms with E-state index in [9.17, 15) is 14.7 Å². The van der Waals surface area contributed by atoms with Crippen molar-refractivity contribution in [3.63, 3.8) is 0 Å². The molecule has 2 N–H and O–H groups in total. The Kier molecular flexibility index (Phi) is 10.2. The van der Waals surface area contributed by atoms with Gasteiger partial charge in [-0.1, -0.05) is 54.6 Å².